The highest BCUT2D eigenvalue weighted by Crippen LogP contribution is 2.41. The van der Waals surface area contributed by atoms with Crippen LogP contribution >= 0.6 is 0 Å². The third-order valence-electron chi connectivity index (χ3n) is 5.36. The van der Waals surface area contributed by atoms with Crippen LogP contribution in [0.5, 0.6) is 0 Å². The van der Waals surface area contributed by atoms with Crippen LogP contribution in [0.3, 0.4) is 0 Å². The second-order valence-corrected chi connectivity index (χ2v) is 7.85. The zero-order valence-electron chi connectivity index (χ0n) is 14.9. The van der Waals surface area contributed by atoms with Crippen molar-refractivity contribution >= 4 is 16.9 Å². The predicted octanol–water partition coefficient (Wildman–Crippen LogP) is 3.94. The molecule has 3 rings (SSSR count). The van der Waals surface area contributed by atoms with Crippen LogP contribution in [0.15, 0.2) is 24.3 Å². The molecule has 5 nitrogen and oxygen atoms in total. The van der Waals surface area contributed by atoms with Crippen molar-refractivity contribution < 1.29 is 4.92 Å². The molecule has 24 heavy (non-hydrogen) atoms. The maximum atomic E-state index is 11.5. The van der Waals surface area contributed by atoms with Gasteiger partial charge in [0.05, 0.1) is 10.5 Å². The summed E-state index contributed by atoms with van der Waals surface area (Å²) in [6, 6.07) is 5.62. The first-order valence-corrected chi connectivity index (χ1v) is 8.77. The molecule has 0 unspecified atom stereocenters. The van der Waals surface area contributed by atoms with Crippen LogP contribution in [0.1, 0.15) is 38.7 Å². The summed E-state index contributed by atoms with van der Waals surface area (Å²) in [7, 11) is 2.13. The van der Waals surface area contributed by atoms with Crippen molar-refractivity contribution in [3.63, 3.8) is 0 Å². The van der Waals surface area contributed by atoms with Crippen LogP contribution in [-0.4, -0.2) is 43.0 Å². The van der Waals surface area contributed by atoms with Crippen molar-refractivity contribution in [1.29, 1.82) is 0 Å². The van der Waals surface area contributed by atoms with E-state index in [0.29, 0.717) is 5.41 Å². The monoisotopic (exact) mass is 329 g/mol. The van der Waals surface area contributed by atoms with Gasteiger partial charge in [0.25, 0.3) is 5.69 Å². The van der Waals surface area contributed by atoms with Gasteiger partial charge in [-0.15, -0.1) is 0 Å². The lowest BCUT2D eigenvalue weighted by Crippen LogP contribution is -2.44. The van der Waals surface area contributed by atoms with E-state index in [-0.39, 0.29) is 10.6 Å². The second kappa shape index (κ2) is 6.55. The number of piperazine rings is 1. The number of nitro benzene ring substituents is 1. The summed E-state index contributed by atoms with van der Waals surface area (Å²) in [5.74, 6) is 0. The van der Waals surface area contributed by atoms with Crippen molar-refractivity contribution in [2.45, 2.75) is 33.1 Å². The Morgan fingerprint density at radius 1 is 1.17 bits per heavy atom. The average Bonchev–Trinajstić information content (AvgIpc) is 2.55. The predicted molar refractivity (Wildman–Crippen MR) is 98.4 cm³/mol. The van der Waals surface area contributed by atoms with Gasteiger partial charge in [0.1, 0.15) is 0 Å². The van der Waals surface area contributed by atoms with Crippen LogP contribution in [0.4, 0.5) is 11.4 Å². The molecule has 0 spiro atoms. The Kier molecular flexibility index (Phi) is 4.63. The molecule has 1 heterocycles. The summed E-state index contributed by atoms with van der Waals surface area (Å²) < 4.78 is 0. The number of hydrogen-bond acceptors (Lipinski definition) is 4. The van der Waals surface area contributed by atoms with Gasteiger partial charge in [0.2, 0.25) is 0 Å². The highest BCUT2D eigenvalue weighted by Gasteiger charge is 2.26. The molecule has 1 aliphatic heterocycles. The maximum Gasteiger partial charge on any atom is 0.277 e. The Labute approximate surface area is 144 Å². The molecule has 2 aliphatic rings. The summed E-state index contributed by atoms with van der Waals surface area (Å²) in [4.78, 5) is 15.9. The molecule has 1 aromatic carbocycles. The van der Waals surface area contributed by atoms with Gasteiger partial charge in [-0.25, -0.2) is 0 Å². The number of benzene rings is 1. The Hall–Kier alpha value is -1.88. The van der Waals surface area contributed by atoms with Crippen molar-refractivity contribution in [1.82, 2.24) is 4.90 Å². The molecule has 1 saturated heterocycles. The lowest BCUT2D eigenvalue weighted by atomic mass is 9.77. The lowest BCUT2D eigenvalue weighted by Gasteiger charge is -2.34. The molecule has 0 amide bonds. The third kappa shape index (κ3) is 3.61. The fourth-order valence-electron chi connectivity index (χ4n) is 3.52. The van der Waals surface area contributed by atoms with Gasteiger partial charge >= 0.3 is 0 Å². The zero-order valence-corrected chi connectivity index (χ0v) is 14.9. The Balaban J connectivity index is 1.92. The van der Waals surface area contributed by atoms with Gasteiger partial charge in [-0.05, 0) is 49.4 Å². The van der Waals surface area contributed by atoms with Crippen molar-refractivity contribution in [3.05, 3.63) is 40.0 Å². The fraction of sp³-hybridized carbons (Fsp3) is 0.579. The van der Waals surface area contributed by atoms with Crippen molar-refractivity contribution in [3.8, 4) is 0 Å². The molecule has 1 fully saturated rings. The summed E-state index contributed by atoms with van der Waals surface area (Å²) in [5.41, 5.74) is 3.59. The number of anilines is 1. The molecule has 0 N–H and O–H groups in total. The first kappa shape index (κ1) is 17.0. The van der Waals surface area contributed by atoms with E-state index < -0.39 is 0 Å². The summed E-state index contributed by atoms with van der Waals surface area (Å²) in [5, 5.41) is 11.5. The van der Waals surface area contributed by atoms with E-state index in [1.807, 2.05) is 12.1 Å². The highest BCUT2D eigenvalue weighted by atomic mass is 16.6. The number of likely N-dealkylation sites (N-methyl/N-ethyl adjacent to an activating group) is 1. The largest absolute Gasteiger partial charge is 0.369 e. The smallest absolute Gasteiger partial charge is 0.277 e. The standard InChI is InChI=1S/C19H27N3O2/c1-19(2)8-6-15(7-9-19)17-14-16(4-5-18(17)22(23)24)21-12-10-20(3)11-13-21/h4-6,14H,7-13H2,1-3H3. The van der Waals surface area contributed by atoms with Crippen LogP contribution in [0, 0.1) is 15.5 Å². The highest BCUT2D eigenvalue weighted by molar-refractivity contribution is 5.76. The van der Waals surface area contributed by atoms with Gasteiger partial charge in [0, 0.05) is 37.9 Å². The number of hydrogen-bond donors (Lipinski definition) is 0. The molecule has 0 bridgehead atoms. The van der Waals surface area contributed by atoms with Crippen LogP contribution in [0.2, 0.25) is 0 Å². The Bertz CT molecular complexity index is 659. The van der Waals surface area contributed by atoms with Gasteiger partial charge in [-0.3, -0.25) is 10.1 Å². The fourth-order valence-corrected chi connectivity index (χ4v) is 3.52. The number of nitrogens with zero attached hydrogens (tertiary/aromatic N) is 3. The molecule has 130 valence electrons. The minimum atomic E-state index is -0.246. The van der Waals surface area contributed by atoms with Gasteiger partial charge in [0.15, 0.2) is 0 Å². The van der Waals surface area contributed by atoms with Crippen LogP contribution < -0.4 is 4.90 Å². The number of nitro groups is 1. The van der Waals surface area contributed by atoms with E-state index in [0.717, 1.165) is 62.3 Å². The van der Waals surface area contributed by atoms with Crippen molar-refractivity contribution in [2.24, 2.45) is 5.41 Å². The van der Waals surface area contributed by atoms with E-state index >= 15 is 0 Å². The van der Waals surface area contributed by atoms with Gasteiger partial charge in [-0.1, -0.05) is 19.9 Å². The third-order valence-corrected chi connectivity index (χ3v) is 5.36. The number of rotatable bonds is 3. The topological polar surface area (TPSA) is 49.6 Å². The van der Waals surface area contributed by atoms with Crippen molar-refractivity contribution in [2.75, 3.05) is 38.1 Å². The van der Waals surface area contributed by atoms with Crippen LogP contribution in [-0.2, 0) is 0 Å². The maximum absolute atomic E-state index is 11.5. The molecule has 1 aliphatic carbocycles. The number of allylic oxidation sites excluding steroid dienone is 2. The van der Waals surface area contributed by atoms with E-state index in [1.54, 1.807) is 6.07 Å². The first-order chi connectivity index (χ1) is 11.4. The normalized spacial score (nSPS) is 21.5. The molecule has 0 aromatic heterocycles. The van der Waals surface area contributed by atoms with E-state index in [4.69, 9.17) is 0 Å². The molecular weight excluding hydrogens is 302 g/mol. The first-order valence-electron chi connectivity index (χ1n) is 8.77. The van der Waals surface area contributed by atoms with Crippen LogP contribution in [0.25, 0.3) is 5.57 Å². The lowest BCUT2D eigenvalue weighted by molar-refractivity contribution is -0.385. The van der Waals surface area contributed by atoms with Gasteiger partial charge in [-0.2, -0.15) is 0 Å². The minimum absolute atomic E-state index is 0.235. The second-order valence-electron chi connectivity index (χ2n) is 7.85. The van der Waals surface area contributed by atoms with Gasteiger partial charge < -0.3 is 9.80 Å². The quantitative estimate of drug-likeness (QED) is 0.622. The summed E-state index contributed by atoms with van der Waals surface area (Å²) >= 11 is 0. The molecular formula is C19H27N3O2. The molecule has 5 heteroatoms. The van der Waals surface area contributed by atoms with E-state index in [9.17, 15) is 10.1 Å². The molecule has 0 saturated carbocycles. The minimum Gasteiger partial charge on any atom is -0.369 e. The molecule has 0 atom stereocenters. The van der Waals surface area contributed by atoms with E-state index in [2.05, 4.69) is 36.8 Å². The average molecular weight is 329 g/mol. The Morgan fingerprint density at radius 3 is 2.46 bits per heavy atom. The summed E-state index contributed by atoms with van der Waals surface area (Å²) in [6.45, 7) is 8.52. The SMILES string of the molecule is CN1CCN(c2ccc([N+](=O)[O-])c(C3=CCC(C)(C)CC3)c2)CC1. The Morgan fingerprint density at radius 2 is 1.88 bits per heavy atom. The molecule has 1 aromatic rings. The molecule has 0 radical (unpaired) electrons. The zero-order chi connectivity index (χ0) is 17.3. The van der Waals surface area contributed by atoms with E-state index in [1.165, 1.54) is 0 Å². The summed E-state index contributed by atoms with van der Waals surface area (Å²) in [6.07, 6.45) is 5.19.